The molecule has 1 heterocycles. The predicted octanol–water partition coefficient (Wildman–Crippen LogP) is 2.53. The molecule has 1 amide bonds. The van der Waals surface area contributed by atoms with E-state index in [-0.39, 0.29) is 11.7 Å². The van der Waals surface area contributed by atoms with E-state index < -0.39 is 0 Å². The zero-order valence-electron chi connectivity index (χ0n) is 9.75. The smallest absolute Gasteiger partial charge is 0.281 e. The van der Waals surface area contributed by atoms with Crippen LogP contribution in [0.15, 0.2) is 40.8 Å². The van der Waals surface area contributed by atoms with Gasteiger partial charge in [0.1, 0.15) is 5.75 Å². The fourth-order valence-corrected chi connectivity index (χ4v) is 2.01. The first-order valence-corrected chi connectivity index (χ1v) is 6.21. The lowest BCUT2D eigenvalue weighted by Crippen LogP contribution is -2.16. The minimum atomic E-state index is -0.256. The van der Waals surface area contributed by atoms with E-state index in [2.05, 4.69) is 10.5 Å². The summed E-state index contributed by atoms with van der Waals surface area (Å²) in [4.78, 5) is 12.2. The van der Waals surface area contributed by atoms with Gasteiger partial charge in [0, 0.05) is 5.56 Å². The van der Waals surface area contributed by atoms with Gasteiger partial charge in [-0.05, 0) is 30.5 Å². The summed E-state index contributed by atoms with van der Waals surface area (Å²) in [6, 6.07) is 8.71. The molecule has 5 heteroatoms. The summed E-state index contributed by atoms with van der Waals surface area (Å²) in [6.45, 7) is 1.92. The zero-order valence-corrected chi connectivity index (χ0v) is 10.6. The van der Waals surface area contributed by atoms with Crippen LogP contribution in [0.3, 0.4) is 0 Å². The first kappa shape index (κ1) is 12.3. The molecule has 0 radical (unpaired) electrons. The molecule has 0 aliphatic rings. The van der Waals surface area contributed by atoms with Gasteiger partial charge < -0.3 is 5.11 Å². The second kappa shape index (κ2) is 5.46. The number of aryl methyl sites for hydroxylation is 1. The molecule has 1 aromatic carbocycles. The monoisotopic (exact) mass is 260 g/mol. The number of hydrazone groups is 1. The molecule has 4 nitrogen and oxygen atoms in total. The Hall–Kier alpha value is -2.14. The van der Waals surface area contributed by atoms with Crippen LogP contribution in [0.1, 0.15) is 20.8 Å². The third kappa shape index (κ3) is 2.95. The van der Waals surface area contributed by atoms with Crippen molar-refractivity contribution in [1.29, 1.82) is 0 Å². The third-order valence-corrected chi connectivity index (χ3v) is 3.17. The molecule has 0 atom stereocenters. The van der Waals surface area contributed by atoms with Crippen LogP contribution in [0.4, 0.5) is 0 Å². The summed E-state index contributed by atoms with van der Waals surface area (Å²) in [5, 5.41) is 15.2. The SMILES string of the molecule is Cc1ccc(O)c(C=NNC(=O)c2cccs2)c1. The quantitative estimate of drug-likeness (QED) is 0.658. The number of carbonyl (C=O) groups excluding carboxylic acids is 1. The number of hydrogen-bond acceptors (Lipinski definition) is 4. The summed E-state index contributed by atoms with van der Waals surface area (Å²) in [5.41, 5.74) is 3.99. The van der Waals surface area contributed by atoms with E-state index in [1.165, 1.54) is 17.6 Å². The van der Waals surface area contributed by atoms with E-state index in [1.54, 1.807) is 30.3 Å². The van der Waals surface area contributed by atoms with Crippen LogP contribution >= 0.6 is 11.3 Å². The second-order valence-corrected chi connectivity index (χ2v) is 4.69. The molecule has 92 valence electrons. The number of nitrogens with one attached hydrogen (secondary N) is 1. The Morgan fingerprint density at radius 1 is 1.44 bits per heavy atom. The van der Waals surface area contributed by atoms with Crippen molar-refractivity contribution in [3.63, 3.8) is 0 Å². The highest BCUT2D eigenvalue weighted by atomic mass is 32.1. The van der Waals surface area contributed by atoms with Gasteiger partial charge in [-0.15, -0.1) is 11.3 Å². The van der Waals surface area contributed by atoms with Gasteiger partial charge in [-0.25, -0.2) is 5.43 Å². The molecule has 2 rings (SSSR count). The number of phenolic OH excluding ortho intramolecular Hbond substituents is 1. The molecular formula is C13H12N2O2S. The standard InChI is InChI=1S/C13H12N2O2S/c1-9-4-5-11(16)10(7-9)8-14-15-13(17)12-3-2-6-18-12/h2-8,16H,1H3,(H,15,17). The molecule has 2 aromatic rings. The Labute approximate surface area is 109 Å². The van der Waals surface area contributed by atoms with Gasteiger partial charge >= 0.3 is 0 Å². The van der Waals surface area contributed by atoms with E-state index in [1.807, 2.05) is 12.3 Å². The highest BCUT2D eigenvalue weighted by Crippen LogP contribution is 2.15. The molecule has 1 aromatic heterocycles. The Morgan fingerprint density at radius 2 is 2.28 bits per heavy atom. The number of carbonyl (C=O) groups is 1. The molecule has 0 bridgehead atoms. The van der Waals surface area contributed by atoms with Crippen molar-refractivity contribution in [2.24, 2.45) is 5.10 Å². The molecule has 0 saturated heterocycles. The number of amides is 1. The fourth-order valence-electron chi connectivity index (χ4n) is 1.40. The van der Waals surface area contributed by atoms with E-state index >= 15 is 0 Å². The molecule has 0 unspecified atom stereocenters. The molecular weight excluding hydrogens is 248 g/mol. The van der Waals surface area contributed by atoms with E-state index in [0.717, 1.165) is 5.56 Å². The van der Waals surface area contributed by atoms with Crippen molar-refractivity contribution in [1.82, 2.24) is 5.43 Å². The topological polar surface area (TPSA) is 61.7 Å². The van der Waals surface area contributed by atoms with Crippen molar-refractivity contribution in [3.05, 3.63) is 51.7 Å². The predicted molar refractivity (Wildman–Crippen MR) is 72.2 cm³/mol. The van der Waals surface area contributed by atoms with Crippen LogP contribution in [0.2, 0.25) is 0 Å². The van der Waals surface area contributed by atoms with Gasteiger partial charge in [-0.3, -0.25) is 4.79 Å². The first-order valence-electron chi connectivity index (χ1n) is 5.33. The number of thiophene rings is 1. The van der Waals surface area contributed by atoms with Crippen LogP contribution in [0.5, 0.6) is 5.75 Å². The molecule has 0 saturated carbocycles. The highest BCUT2D eigenvalue weighted by Gasteiger charge is 2.04. The van der Waals surface area contributed by atoms with E-state index in [9.17, 15) is 9.90 Å². The van der Waals surface area contributed by atoms with Crippen LogP contribution in [-0.2, 0) is 0 Å². The first-order chi connectivity index (χ1) is 8.66. The molecule has 0 aliphatic heterocycles. The summed E-state index contributed by atoms with van der Waals surface area (Å²) in [7, 11) is 0. The number of aromatic hydroxyl groups is 1. The van der Waals surface area contributed by atoms with Crippen molar-refractivity contribution in [2.45, 2.75) is 6.92 Å². The lowest BCUT2D eigenvalue weighted by Gasteiger charge is -2.00. The van der Waals surface area contributed by atoms with Gasteiger partial charge in [0.25, 0.3) is 5.91 Å². The molecule has 0 aliphatic carbocycles. The Kier molecular flexibility index (Phi) is 3.74. The number of benzene rings is 1. The third-order valence-electron chi connectivity index (χ3n) is 2.30. The van der Waals surface area contributed by atoms with Crippen molar-refractivity contribution >= 4 is 23.5 Å². The molecule has 0 fully saturated rings. The summed E-state index contributed by atoms with van der Waals surface area (Å²) in [5.74, 6) is -0.122. The van der Waals surface area contributed by atoms with Gasteiger partial charge in [-0.2, -0.15) is 5.10 Å². The number of hydrogen-bond donors (Lipinski definition) is 2. The van der Waals surface area contributed by atoms with Crippen LogP contribution in [0, 0.1) is 6.92 Å². The normalized spacial score (nSPS) is 10.7. The molecule has 18 heavy (non-hydrogen) atoms. The zero-order chi connectivity index (χ0) is 13.0. The van der Waals surface area contributed by atoms with Crippen LogP contribution < -0.4 is 5.43 Å². The molecule has 2 N–H and O–H groups in total. The lowest BCUT2D eigenvalue weighted by molar-refractivity contribution is 0.0959. The van der Waals surface area contributed by atoms with Crippen molar-refractivity contribution in [2.75, 3.05) is 0 Å². The Bertz CT molecular complexity index is 577. The Balaban J connectivity index is 2.03. The summed E-state index contributed by atoms with van der Waals surface area (Å²) in [6.07, 6.45) is 1.42. The highest BCUT2D eigenvalue weighted by molar-refractivity contribution is 7.12. The van der Waals surface area contributed by atoms with Gasteiger partial charge in [0.15, 0.2) is 0 Å². The maximum Gasteiger partial charge on any atom is 0.281 e. The van der Waals surface area contributed by atoms with Crippen molar-refractivity contribution < 1.29 is 9.90 Å². The van der Waals surface area contributed by atoms with Gasteiger partial charge in [-0.1, -0.05) is 17.7 Å². The van der Waals surface area contributed by atoms with Gasteiger partial charge in [0.2, 0.25) is 0 Å². The lowest BCUT2D eigenvalue weighted by atomic mass is 10.1. The minimum Gasteiger partial charge on any atom is -0.507 e. The minimum absolute atomic E-state index is 0.134. The number of rotatable bonds is 3. The Morgan fingerprint density at radius 3 is 3.00 bits per heavy atom. The average molecular weight is 260 g/mol. The van der Waals surface area contributed by atoms with Crippen LogP contribution in [-0.4, -0.2) is 17.2 Å². The summed E-state index contributed by atoms with van der Waals surface area (Å²) < 4.78 is 0. The average Bonchev–Trinajstić information content (AvgIpc) is 2.87. The second-order valence-electron chi connectivity index (χ2n) is 3.74. The number of nitrogens with zero attached hydrogens (tertiary/aromatic N) is 1. The van der Waals surface area contributed by atoms with E-state index in [4.69, 9.17) is 0 Å². The maximum absolute atomic E-state index is 11.6. The van der Waals surface area contributed by atoms with Crippen LogP contribution in [0.25, 0.3) is 0 Å². The number of phenols is 1. The molecule has 0 spiro atoms. The van der Waals surface area contributed by atoms with Gasteiger partial charge in [0.05, 0.1) is 11.1 Å². The fraction of sp³-hybridized carbons (Fsp3) is 0.0769. The van der Waals surface area contributed by atoms with Crippen molar-refractivity contribution in [3.8, 4) is 5.75 Å². The van der Waals surface area contributed by atoms with E-state index in [0.29, 0.717) is 10.4 Å². The largest absolute Gasteiger partial charge is 0.507 e. The summed E-state index contributed by atoms with van der Waals surface area (Å²) >= 11 is 1.35. The maximum atomic E-state index is 11.6.